The molecule has 0 bridgehead atoms. The van der Waals surface area contributed by atoms with Crippen LogP contribution in [0, 0.1) is 5.92 Å². The molecule has 3 rings (SSSR count). The number of pyridine rings is 1. The molecule has 1 heteroatoms. The summed E-state index contributed by atoms with van der Waals surface area (Å²) in [7, 11) is 0. The number of aromatic nitrogens is 1. The van der Waals surface area contributed by atoms with Gasteiger partial charge in [0.25, 0.3) is 0 Å². The minimum Gasteiger partial charge on any atom is -0.260 e. The Labute approximate surface area is 91.2 Å². The highest BCUT2D eigenvalue weighted by molar-refractivity contribution is 5.42. The first kappa shape index (κ1) is 9.14. The normalized spacial score (nSPS) is 33.1. The summed E-state index contributed by atoms with van der Waals surface area (Å²) in [5.41, 5.74) is 3.26. The van der Waals surface area contributed by atoms with Gasteiger partial charge in [-0.05, 0) is 43.7 Å². The molecule has 1 nitrogen and oxygen atoms in total. The van der Waals surface area contributed by atoms with Gasteiger partial charge < -0.3 is 0 Å². The second-order valence-corrected chi connectivity index (χ2v) is 4.77. The highest BCUT2D eigenvalue weighted by atomic mass is 14.7. The van der Waals surface area contributed by atoms with Gasteiger partial charge in [0.05, 0.1) is 5.69 Å². The summed E-state index contributed by atoms with van der Waals surface area (Å²) in [5.74, 6) is 0.803. The molecular weight excluding hydrogens is 182 g/mol. The summed E-state index contributed by atoms with van der Waals surface area (Å²) >= 11 is 0. The van der Waals surface area contributed by atoms with Crippen molar-refractivity contribution in [3.63, 3.8) is 0 Å². The van der Waals surface area contributed by atoms with Crippen LogP contribution in [0.2, 0.25) is 0 Å². The van der Waals surface area contributed by atoms with Crippen LogP contribution in [-0.2, 0) is 5.41 Å². The van der Waals surface area contributed by atoms with Gasteiger partial charge in [0.15, 0.2) is 0 Å². The Kier molecular flexibility index (Phi) is 1.95. The fourth-order valence-corrected chi connectivity index (χ4v) is 3.39. The Bertz CT molecular complexity index is 393. The number of rotatable bonds is 2. The predicted molar refractivity (Wildman–Crippen MR) is 61.6 cm³/mol. The maximum atomic E-state index is 4.56. The van der Waals surface area contributed by atoms with Gasteiger partial charge in [0.2, 0.25) is 0 Å². The van der Waals surface area contributed by atoms with Crippen molar-refractivity contribution in [1.29, 1.82) is 0 Å². The van der Waals surface area contributed by atoms with Crippen LogP contribution in [0.1, 0.15) is 38.3 Å². The van der Waals surface area contributed by atoms with Gasteiger partial charge >= 0.3 is 0 Å². The summed E-state index contributed by atoms with van der Waals surface area (Å²) in [6.07, 6.45) is 9.69. The fourth-order valence-electron chi connectivity index (χ4n) is 3.39. The van der Waals surface area contributed by atoms with E-state index in [2.05, 4.69) is 30.1 Å². The number of hydrogen-bond acceptors (Lipinski definition) is 1. The molecule has 0 aliphatic heterocycles. The van der Waals surface area contributed by atoms with Crippen LogP contribution in [-0.4, -0.2) is 4.98 Å². The molecule has 0 aromatic carbocycles. The second kappa shape index (κ2) is 3.19. The van der Waals surface area contributed by atoms with Crippen molar-refractivity contribution in [3.05, 3.63) is 41.7 Å². The molecule has 2 unspecified atom stereocenters. The zero-order valence-corrected chi connectivity index (χ0v) is 9.24. The fraction of sp³-hybridized carbons (Fsp3) is 0.500. The van der Waals surface area contributed by atoms with E-state index >= 15 is 0 Å². The molecule has 0 spiro atoms. The van der Waals surface area contributed by atoms with E-state index in [1.165, 1.54) is 31.4 Å². The zero-order chi connectivity index (χ0) is 10.3. The van der Waals surface area contributed by atoms with Crippen LogP contribution in [0.4, 0.5) is 0 Å². The summed E-state index contributed by atoms with van der Waals surface area (Å²) < 4.78 is 0. The second-order valence-electron chi connectivity index (χ2n) is 4.77. The van der Waals surface area contributed by atoms with Gasteiger partial charge in [-0.3, -0.25) is 4.98 Å². The Morgan fingerprint density at radius 2 is 2.40 bits per heavy atom. The Morgan fingerprint density at radius 1 is 1.47 bits per heavy atom. The largest absolute Gasteiger partial charge is 0.260 e. The average Bonchev–Trinajstić information content (AvgIpc) is 2.65. The molecule has 0 N–H and O–H groups in total. The molecule has 0 saturated heterocycles. The summed E-state index contributed by atoms with van der Waals surface area (Å²) in [6, 6.07) is 6.31. The predicted octanol–water partition coefficient (Wildman–Crippen LogP) is 3.47. The molecule has 1 heterocycles. The third kappa shape index (κ3) is 1.12. The molecule has 1 fully saturated rings. The first-order chi connectivity index (χ1) is 7.37. The Morgan fingerprint density at radius 3 is 3.07 bits per heavy atom. The van der Waals surface area contributed by atoms with Crippen molar-refractivity contribution in [2.45, 2.75) is 38.0 Å². The Balaban J connectivity index is 2.03. The molecule has 1 aromatic heterocycles. The first-order valence-electron chi connectivity index (χ1n) is 6.00. The number of hydrogen-bond donors (Lipinski definition) is 0. The smallest absolute Gasteiger partial charge is 0.0509 e. The zero-order valence-electron chi connectivity index (χ0n) is 9.24. The molecule has 78 valence electrons. The van der Waals surface area contributed by atoms with Gasteiger partial charge in [0, 0.05) is 11.6 Å². The van der Waals surface area contributed by atoms with E-state index in [1.807, 2.05) is 12.3 Å². The monoisotopic (exact) mass is 199 g/mol. The van der Waals surface area contributed by atoms with Gasteiger partial charge in [-0.1, -0.05) is 24.6 Å². The van der Waals surface area contributed by atoms with Crippen molar-refractivity contribution in [2.24, 2.45) is 5.92 Å². The van der Waals surface area contributed by atoms with Gasteiger partial charge in [-0.25, -0.2) is 0 Å². The molecule has 0 amide bonds. The highest BCUT2D eigenvalue weighted by Gasteiger charge is 2.49. The minimum atomic E-state index is 0.285. The molecule has 0 radical (unpaired) electrons. The standard InChI is InChI=1S/C14H17N/c1-2-14(13-8-3-4-9-15-13)10-11-6-5-7-12(11)14/h3-4,8-10,12H,2,5-7H2,1H3. The molecule has 1 aromatic rings. The van der Waals surface area contributed by atoms with Crippen LogP contribution >= 0.6 is 0 Å². The topological polar surface area (TPSA) is 12.9 Å². The quantitative estimate of drug-likeness (QED) is 0.665. The van der Waals surface area contributed by atoms with Crippen LogP contribution in [0.25, 0.3) is 0 Å². The summed E-state index contributed by atoms with van der Waals surface area (Å²) in [6.45, 7) is 2.29. The summed E-state index contributed by atoms with van der Waals surface area (Å²) in [5, 5.41) is 0. The molecule has 2 aliphatic carbocycles. The maximum Gasteiger partial charge on any atom is 0.0509 e. The van der Waals surface area contributed by atoms with Crippen LogP contribution < -0.4 is 0 Å². The number of fused-ring (bicyclic) bond motifs is 1. The van der Waals surface area contributed by atoms with Gasteiger partial charge in [0.1, 0.15) is 0 Å². The molecular formula is C14H17N. The molecule has 2 aliphatic rings. The lowest BCUT2D eigenvalue weighted by atomic mass is 9.60. The average molecular weight is 199 g/mol. The van der Waals surface area contributed by atoms with Crippen molar-refractivity contribution < 1.29 is 0 Å². The lowest BCUT2D eigenvalue weighted by molar-refractivity contribution is 0.316. The van der Waals surface area contributed by atoms with Crippen molar-refractivity contribution in [2.75, 3.05) is 0 Å². The maximum absolute atomic E-state index is 4.56. The van der Waals surface area contributed by atoms with Crippen molar-refractivity contribution in [1.82, 2.24) is 4.98 Å². The lowest BCUT2D eigenvalue weighted by Crippen LogP contribution is -2.40. The highest BCUT2D eigenvalue weighted by Crippen LogP contribution is 2.56. The van der Waals surface area contributed by atoms with Gasteiger partial charge in [-0.15, -0.1) is 0 Å². The Hall–Kier alpha value is -1.11. The van der Waals surface area contributed by atoms with E-state index in [-0.39, 0.29) is 5.41 Å². The molecule has 2 atom stereocenters. The van der Waals surface area contributed by atoms with E-state index in [9.17, 15) is 0 Å². The van der Waals surface area contributed by atoms with Crippen LogP contribution in [0.5, 0.6) is 0 Å². The van der Waals surface area contributed by atoms with E-state index in [1.54, 1.807) is 5.57 Å². The van der Waals surface area contributed by atoms with Crippen molar-refractivity contribution in [3.8, 4) is 0 Å². The van der Waals surface area contributed by atoms with E-state index in [0.717, 1.165) is 5.92 Å². The SMILES string of the molecule is CCC1(c2ccccn2)C=C2CCCC21. The third-order valence-corrected chi connectivity index (χ3v) is 4.20. The third-order valence-electron chi connectivity index (χ3n) is 4.20. The first-order valence-corrected chi connectivity index (χ1v) is 6.00. The van der Waals surface area contributed by atoms with E-state index in [0.29, 0.717) is 0 Å². The number of nitrogens with zero attached hydrogens (tertiary/aromatic N) is 1. The van der Waals surface area contributed by atoms with Gasteiger partial charge in [-0.2, -0.15) is 0 Å². The molecule has 15 heavy (non-hydrogen) atoms. The van der Waals surface area contributed by atoms with E-state index in [4.69, 9.17) is 0 Å². The summed E-state index contributed by atoms with van der Waals surface area (Å²) in [4.78, 5) is 4.56. The van der Waals surface area contributed by atoms with E-state index < -0.39 is 0 Å². The number of allylic oxidation sites excluding steroid dienone is 2. The minimum absolute atomic E-state index is 0.285. The van der Waals surface area contributed by atoms with Crippen LogP contribution in [0.3, 0.4) is 0 Å². The molecule has 1 saturated carbocycles. The van der Waals surface area contributed by atoms with Crippen LogP contribution in [0.15, 0.2) is 36.0 Å². The lowest BCUT2D eigenvalue weighted by Gasteiger charge is -2.44. The van der Waals surface area contributed by atoms with Crippen molar-refractivity contribution >= 4 is 0 Å².